The van der Waals surface area contributed by atoms with Gasteiger partial charge < -0.3 is 4.90 Å². The van der Waals surface area contributed by atoms with E-state index in [9.17, 15) is 0 Å². The third kappa shape index (κ3) is 1.40. The molecule has 1 nitrogen and oxygen atoms in total. The number of benzene rings is 2. The molecule has 2 aromatic rings. The molecule has 0 amide bonds. The number of fused-ring (bicyclic) bond motifs is 1. The van der Waals surface area contributed by atoms with Gasteiger partial charge in [0.05, 0.1) is 5.54 Å². The molecular weight excluding hydrogens is 218 g/mol. The average molecular weight is 235 g/mol. The highest BCUT2D eigenvalue weighted by molar-refractivity contribution is 5.93. The van der Waals surface area contributed by atoms with Crippen LogP contribution in [0, 0.1) is 0 Å². The van der Waals surface area contributed by atoms with Gasteiger partial charge in [0.25, 0.3) is 0 Å². The molecule has 0 saturated carbocycles. The first kappa shape index (κ1) is 11.1. The van der Waals surface area contributed by atoms with Gasteiger partial charge in [-0.25, -0.2) is 0 Å². The molecule has 0 N–H and O–H groups in total. The van der Waals surface area contributed by atoms with Gasteiger partial charge in [-0.2, -0.15) is 0 Å². The van der Waals surface area contributed by atoms with E-state index in [1.165, 1.54) is 22.5 Å². The van der Waals surface area contributed by atoms with Gasteiger partial charge in [0, 0.05) is 16.9 Å². The van der Waals surface area contributed by atoms with Gasteiger partial charge in [0.15, 0.2) is 0 Å². The zero-order valence-corrected chi connectivity index (χ0v) is 10.9. The predicted octanol–water partition coefficient (Wildman–Crippen LogP) is 4.63. The van der Waals surface area contributed by atoms with E-state index >= 15 is 0 Å². The molecule has 1 aliphatic rings. The van der Waals surface area contributed by atoms with Crippen LogP contribution in [0.15, 0.2) is 61.2 Å². The van der Waals surface area contributed by atoms with E-state index in [-0.39, 0.29) is 5.54 Å². The minimum atomic E-state index is -0.0783. The van der Waals surface area contributed by atoms with Crippen molar-refractivity contribution in [2.24, 2.45) is 0 Å². The normalized spacial score (nSPS) is 16.8. The van der Waals surface area contributed by atoms with Crippen LogP contribution < -0.4 is 4.90 Å². The molecule has 0 bridgehead atoms. The fourth-order valence-corrected chi connectivity index (χ4v) is 2.73. The summed E-state index contributed by atoms with van der Waals surface area (Å²) in [6, 6.07) is 19.0. The zero-order chi connectivity index (χ0) is 12.8. The number of hydrogen-bond acceptors (Lipinski definition) is 1. The summed E-state index contributed by atoms with van der Waals surface area (Å²) >= 11 is 0. The lowest BCUT2D eigenvalue weighted by Crippen LogP contribution is -2.36. The first-order valence-electron chi connectivity index (χ1n) is 6.26. The molecule has 1 heteroatoms. The van der Waals surface area contributed by atoms with Gasteiger partial charge in [0.1, 0.15) is 0 Å². The number of para-hydroxylation sites is 2. The molecule has 0 unspecified atom stereocenters. The molecule has 18 heavy (non-hydrogen) atoms. The van der Waals surface area contributed by atoms with Crippen molar-refractivity contribution < 1.29 is 0 Å². The Hall–Kier alpha value is -2.02. The zero-order valence-electron chi connectivity index (χ0n) is 10.9. The average Bonchev–Trinajstić information content (AvgIpc) is 2.59. The lowest BCUT2D eigenvalue weighted by Gasteiger charge is -2.34. The summed E-state index contributed by atoms with van der Waals surface area (Å²) < 4.78 is 0. The first-order valence-corrected chi connectivity index (χ1v) is 6.26. The monoisotopic (exact) mass is 235 g/mol. The van der Waals surface area contributed by atoms with Crippen LogP contribution >= 0.6 is 0 Å². The third-order valence-corrected chi connectivity index (χ3v) is 3.78. The van der Waals surface area contributed by atoms with Gasteiger partial charge in [-0.15, -0.1) is 0 Å². The Morgan fingerprint density at radius 1 is 0.889 bits per heavy atom. The Morgan fingerprint density at radius 2 is 1.50 bits per heavy atom. The molecule has 0 fully saturated rings. The fraction of sp³-hybridized carbons (Fsp3) is 0.176. The van der Waals surface area contributed by atoms with Crippen LogP contribution in [0.2, 0.25) is 0 Å². The minimum absolute atomic E-state index is 0.0783. The van der Waals surface area contributed by atoms with Gasteiger partial charge in [0.2, 0.25) is 0 Å². The van der Waals surface area contributed by atoms with Gasteiger partial charge >= 0.3 is 0 Å². The molecule has 90 valence electrons. The Balaban J connectivity index is 2.23. The summed E-state index contributed by atoms with van der Waals surface area (Å²) in [6.07, 6.45) is 0. The Bertz CT molecular complexity index is 596. The van der Waals surface area contributed by atoms with E-state index in [0.29, 0.717) is 0 Å². The van der Waals surface area contributed by atoms with Crippen molar-refractivity contribution in [3.8, 4) is 0 Å². The summed E-state index contributed by atoms with van der Waals surface area (Å²) in [5, 5.41) is 0. The molecular formula is C17H17N. The van der Waals surface area contributed by atoms with Crippen molar-refractivity contribution in [1.29, 1.82) is 0 Å². The van der Waals surface area contributed by atoms with Crippen LogP contribution in [-0.2, 0) is 0 Å². The maximum atomic E-state index is 4.28. The van der Waals surface area contributed by atoms with Crippen LogP contribution in [0.3, 0.4) is 0 Å². The topological polar surface area (TPSA) is 3.24 Å². The smallest absolute Gasteiger partial charge is 0.0647 e. The molecule has 0 saturated heterocycles. The molecule has 2 aromatic carbocycles. The van der Waals surface area contributed by atoms with Gasteiger partial charge in [-0.1, -0.05) is 43.0 Å². The van der Waals surface area contributed by atoms with Gasteiger partial charge in [-0.05, 0) is 37.6 Å². The second-order valence-corrected chi connectivity index (χ2v) is 5.23. The van der Waals surface area contributed by atoms with Crippen LogP contribution in [-0.4, -0.2) is 5.54 Å². The lowest BCUT2D eigenvalue weighted by atomic mass is 9.93. The lowest BCUT2D eigenvalue weighted by molar-refractivity contribution is 0.670. The number of hydrogen-bond donors (Lipinski definition) is 0. The van der Waals surface area contributed by atoms with Crippen molar-refractivity contribution >= 4 is 16.9 Å². The van der Waals surface area contributed by atoms with Crippen LogP contribution in [0.4, 0.5) is 11.4 Å². The fourth-order valence-electron chi connectivity index (χ4n) is 2.73. The Morgan fingerprint density at radius 3 is 2.22 bits per heavy atom. The second kappa shape index (κ2) is 3.74. The Kier molecular flexibility index (Phi) is 2.30. The third-order valence-electron chi connectivity index (χ3n) is 3.78. The maximum Gasteiger partial charge on any atom is 0.0647 e. The molecule has 3 rings (SSSR count). The minimum Gasteiger partial charge on any atom is -0.331 e. The molecule has 1 aliphatic heterocycles. The summed E-state index contributed by atoms with van der Waals surface area (Å²) in [6.45, 7) is 8.73. The maximum absolute atomic E-state index is 4.28. The van der Waals surface area contributed by atoms with E-state index in [1.807, 2.05) is 6.07 Å². The number of nitrogens with zero attached hydrogens (tertiary/aromatic N) is 1. The van der Waals surface area contributed by atoms with Crippen molar-refractivity contribution in [3.63, 3.8) is 0 Å². The van der Waals surface area contributed by atoms with Crippen LogP contribution in [0.25, 0.3) is 5.57 Å². The summed E-state index contributed by atoms with van der Waals surface area (Å²) in [7, 11) is 0. The predicted molar refractivity (Wildman–Crippen MR) is 78.1 cm³/mol. The van der Waals surface area contributed by atoms with Crippen molar-refractivity contribution in [2.75, 3.05) is 4.90 Å². The largest absolute Gasteiger partial charge is 0.331 e. The summed E-state index contributed by atoms with van der Waals surface area (Å²) in [4.78, 5) is 2.37. The number of anilines is 2. The SMILES string of the molecule is C=C1c2ccccc2N(c2ccccc2)C1(C)C. The second-order valence-electron chi connectivity index (χ2n) is 5.23. The van der Waals surface area contributed by atoms with Crippen molar-refractivity contribution in [1.82, 2.24) is 0 Å². The van der Waals surface area contributed by atoms with E-state index < -0.39 is 0 Å². The van der Waals surface area contributed by atoms with E-state index in [0.717, 1.165) is 0 Å². The van der Waals surface area contributed by atoms with E-state index in [2.05, 4.69) is 73.9 Å². The molecule has 0 radical (unpaired) electrons. The first-order chi connectivity index (χ1) is 8.62. The van der Waals surface area contributed by atoms with Crippen LogP contribution in [0.5, 0.6) is 0 Å². The van der Waals surface area contributed by atoms with E-state index in [4.69, 9.17) is 0 Å². The molecule has 0 spiro atoms. The highest BCUT2D eigenvalue weighted by Crippen LogP contribution is 2.49. The quantitative estimate of drug-likeness (QED) is 0.696. The van der Waals surface area contributed by atoms with E-state index in [1.54, 1.807) is 0 Å². The highest BCUT2D eigenvalue weighted by atomic mass is 15.2. The standard InChI is InChI=1S/C17H17N/c1-13-15-11-7-8-12-16(15)18(17(13,2)3)14-9-5-4-6-10-14/h4-12H,1H2,2-3H3. The summed E-state index contributed by atoms with van der Waals surface area (Å²) in [5.41, 5.74) is 4.83. The number of rotatable bonds is 1. The summed E-state index contributed by atoms with van der Waals surface area (Å²) in [5.74, 6) is 0. The van der Waals surface area contributed by atoms with Crippen molar-refractivity contribution in [3.05, 3.63) is 66.7 Å². The van der Waals surface area contributed by atoms with Crippen molar-refractivity contribution in [2.45, 2.75) is 19.4 Å². The molecule has 0 aliphatic carbocycles. The molecule has 1 heterocycles. The Labute approximate surface area is 108 Å². The highest BCUT2D eigenvalue weighted by Gasteiger charge is 2.39. The molecule has 0 aromatic heterocycles. The van der Waals surface area contributed by atoms with Crippen LogP contribution in [0.1, 0.15) is 19.4 Å². The van der Waals surface area contributed by atoms with Gasteiger partial charge in [-0.3, -0.25) is 0 Å². The molecule has 0 atom stereocenters.